The van der Waals surface area contributed by atoms with Crippen molar-refractivity contribution in [2.24, 2.45) is 0 Å². The molecule has 0 aliphatic carbocycles. The van der Waals surface area contributed by atoms with Gasteiger partial charge in [-0.25, -0.2) is 4.21 Å². The van der Waals surface area contributed by atoms with Crippen LogP contribution in [0.1, 0.15) is 31.2 Å². The van der Waals surface area contributed by atoms with E-state index in [9.17, 15) is 4.21 Å². The summed E-state index contributed by atoms with van der Waals surface area (Å²) < 4.78 is 19.7. The van der Waals surface area contributed by atoms with Gasteiger partial charge in [0, 0.05) is 36.2 Å². The van der Waals surface area contributed by atoms with Crippen molar-refractivity contribution in [3.63, 3.8) is 0 Å². The lowest BCUT2D eigenvalue weighted by Gasteiger charge is -2.27. The van der Waals surface area contributed by atoms with Gasteiger partial charge in [0.15, 0.2) is 0 Å². The molecule has 1 unspecified atom stereocenters. The van der Waals surface area contributed by atoms with Crippen molar-refractivity contribution >= 4 is 26.5 Å². The lowest BCUT2D eigenvalue weighted by atomic mass is 9.91. The molecule has 1 atom stereocenters. The van der Waals surface area contributed by atoms with Crippen molar-refractivity contribution in [3.8, 4) is 0 Å². The Morgan fingerprint density at radius 3 is 2.65 bits per heavy atom. The van der Waals surface area contributed by atoms with Crippen LogP contribution >= 0.6 is 0 Å². The highest BCUT2D eigenvalue weighted by Crippen LogP contribution is 2.33. The molecule has 1 aromatic carbocycles. The summed E-state index contributed by atoms with van der Waals surface area (Å²) in [4.78, 5) is 0. The molecule has 112 valence electrons. The Labute approximate surface area is 122 Å². The van der Waals surface area contributed by atoms with Crippen LogP contribution in [-0.4, -0.2) is 36.1 Å². The van der Waals surface area contributed by atoms with Crippen molar-refractivity contribution in [2.75, 3.05) is 36.6 Å². The average Bonchev–Trinajstić information content (AvgIpc) is 2.48. The molecule has 0 spiro atoms. The fourth-order valence-electron chi connectivity index (χ4n) is 2.47. The lowest BCUT2D eigenvalue weighted by molar-refractivity contribution is 0.0853. The van der Waals surface area contributed by atoms with Gasteiger partial charge in [0.2, 0.25) is 0 Å². The molecule has 1 heterocycles. The first-order chi connectivity index (χ1) is 9.45. The minimum absolute atomic E-state index is 0.509. The minimum Gasteiger partial charge on any atom is -0.397 e. The molecule has 2 rings (SSSR count). The minimum atomic E-state index is -2.17. The monoisotopic (exact) mass is 296 g/mol. The van der Waals surface area contributed by atoms with Gasteiger partial charge in [0.05, 0.1) is 11.4 Å². The molecule has 4 nitrogen and oxygen atoms in total. The third-order valence-electron chi connectivity index (χ3n) is 4.07. The number of nitrogens with two attached hydrogens (primary N) is 1. The fraction of sp³-hybridized carbons (Fsp3) is 0.533. The highest BCUT2D eigenvalue weighted by atomic mass is 32.2. The normalized spacial score (nSPS) is 19.4. The molecule has 0 bridgehead atoms. The molecule has 1 fully saturated rings. The molecule has 0 radical (unpaired) electrons. The maximum Gasteiger partial charge on any atom is 0.0715 e. The Morgan fingerprint density at radius 2 is 2.05 bits per heavy atom. The van der Waals surface area contributed by atoms with E-state index in [2.05, 4.69) is 12.1 Å². The van der Waals surface area contributed by atoms with E-state index in [4.69, 9.17) is 10.5 Å². The van der Waals surface area contributed by atoms with Gasteiger partial charge in [0.25, 0.3) is 0 Å². The Bertz CT molecular complexity index is 586. The van der Waals surface area contributed by atoms with Crippen molar-refractivity contribution in [3.05, 3.63) is 23.8 Å². The molecule has 1 aromatic rings. The van der Waals surface area contributed by atoms with E-state index in [1.807, 2.05) is 20.0 Å². The van der Waals surface area contributed by atoms with Crippen LogP contribution in [0.5, 0.6) is 0 Å². The number of nitrogens with zero attached hydrogens (tertiary/aromatic N) is 1. The van der Waals surface area contributed by atoms with Gasteiger partial charge >= 0.3 is 0 Å². The van der Waals surface area contributed by atoms with E-state index in [0.29, 0.717) is 11.6 Å². The molecule has 0 amide bonds. The second kappa shape index (κ2) is 6.06. The van der Waals surface area contributed by atoms with Crippen LogP contribution in [0.15, 0.2) is 18.2 Å². The average molecular weight is 296 g/mol. The Kier molecular flexibility index (Phi) is 4.60. The number of rotatable bonds is 3. The summed E-state index contributed by atoms with van der Waals surface area (Å²) in [6.45, 7) is 3.44. The van der Waals surface area contributed by atoms with Crippen LogP contribution in [0.25, 0.3) is 0 Å². The Balaban J connectivity index is 2.36. The topological polar surface area (TPSA) is 55.6 Å². The largest absolute Gasteiger partial charge is 0.397 e. The lowest BCUT2D eigenvalue weighted by Crippen LogP contribution is -2.27. The third kappa shape index (κ3) is 3.10. The maximum absolute atomic E-state index is 12.5. The van der Waals surface area contributed by atoms with Crippen molar-refractivity contribution in [1.29, 1.82) is 0 Å². The van der Waals surface area contributed by atoms with E-state index >= 15 is 0 Å². The first-order valence-corrected chi connectivity index (χ1v) is 8.94. The first kappa shape index (κ1) is 15.2. The number of ether oxygens (including phenoxy) is 1. The van der Waals surface area contributed by atoms with Gasteiger partial charge < -0.3 is 14.8 Å². The Morgan fingerprint density at radius 1 is 1.40 bits per heavy atom. The zero-order valence-electron chi connectivity index (χ0n) is 12.5. The smallest absolute Gasteiger partial charge is 0.0715 e. The number of benzene rings is 1. The predicted octanol–water partition coefficient (Wildman–Crippen LogP) is 2.25. The molecular weight excluding hydrogens is 272 g/mol. The van der Waals surface area contributed by atoms with Crippen molar-refractivity contribution in [1.82, 2.24) is 0 Å². The van der Waals surface area contributed by atoms with Gasteiger partial charge in [-0.3, -0.25) is 0 Å². The van der Waals surface area contributed by atoms with Gasteiger partial charge in [-0.2, -0.15) is 0 Å². The van der Waals surface area contributed by atoms with Crippen LogP contribution in [0.2, 0.25) is 0 Å². The zero-order chi connectivity index (χ0) is 14.8. The third-order valence-corrected chi connectivity index (χ3v) is 6.23. The summed E-state index contributed by atoms with van der Waals surface area (Å²) in [5.74, 6) is 0.509. The highest BCUT2D eigenvalue weighted by Gasteiger charge is 2.19. The van der Waals surface area contributed by atoms with Crippen LogP contribution in [-0.2, 0) is 14.4 Å². The molecule has 0 aromatic heterocycles. The maximum atomic E-state index is 12.5. The first-order valence-electron chi connectivity index (χ1n) is 6.95. The molecule has 1 aliphatic rings. The molecule has 5 heteroatoms. The zero-order valence-corrected chi connectivity index (χ0v) is 13.3. The molecule has 20 heavy (non-hydrogen) atoms. The summed E-state index contributed by atoms with van der Waals surface area (Å²) in [6.07, 6.45) is 3.80. The standard InChI is InChI=1S/C15H24N2O2S/c1-4-20(3,18)17(2)15-11-13(5-6-14(15)16)12-7-9-19-10-8-12/h4-6,11-12H,7-10,16H2,1-3H3. The second-order valence-corrected chi connectivity index (χ2v) is 8.04. The number of nitrogen functional groups attached to an aromatic ring is 1. The molecule has 2 N–H and O–H groups in total. The van der Waals surface area contributed by atoms with Gasteiger partial charge in [0.1, 0.15) is 0 Å². The summed E-state index contributed by atoms with van der Waals surface area (Å²) in [5.41, 5.74) is 8.84. The summed E-state index contributed by atoms with van der Waals surface area (Å²) in [6, 6.07) is 6.08. The SMILES string of the molecule is CC=S(C)(=O)N(C)c1cc(C2CCOCC2)ccc1N. The van der Waals surface area contributed by atoms with Gasteiger partial charge in [-0.05, 0) is 48.7 Å². The Hall–Kier alpha value is -1.20. The van der Waals surface area contributed by atoms with E-state index in [0.717, 1.165) is 31.7 Å². The highest BCUT2D eigenvalue weighted by molar-refractivity contribution is 8.01. The van der Waals surface area contributed by atoms with Crippen molar-refractivity contribution < 1.29 is 8.95 Å². The number of hydrogen-bond donors (Lipinski definition) is 1. The van der Waals surface area contributed by atoms with Crippen LogP contribution in [0, 0.1) is 0 Å². The van der Waals surface area contributed by atoms with Crippen molar-refractivity contribution in [2.45, 2.75) is 25.7 Å². The predicted molar refractivity (Wildman–Crippen MR) is 87.9 cm³/mol. The molecule has 0 saturated carbocycles. The van der Waals surface area contributed by atoms with E-state index < -0.39 is 9.71 Å². The summed E-state index contributed by atoms with van der Waals surface area (Å²) >= 11 is 0. The number of anilines is 2. The van der Waals surface area contributed by atoms with Crippen LogP contribution in [0.4, 0.5) is 11.4 Å². The van der Waals surface area contributed by atoms with Crippen LogP contribution in [0.3, 0.4) is 0 Å². The second-order valence-electron chi connectivity index (χ2n) is 5.30. The van der Waals surface area contributed by atoms with Gasteiger partial charge in [-0.15, -0.1) is 0 Å². The molecular formula is C15H24N2O2S. The summed E-state index contributed by atoms with van der Waals surface area (Å²) in [5, 5.41) is 1.73. The van der Waals surface area contributed by atoms with E-state index in [-0.39, 0.29) is 0 Å². The molecule has 1 saturated heterocycles. The number of hydrogen-bond acceptors (Lipinski definition) is 3. The van der Waals surface area contributed by atoms with Crippen LogP contribution < -0.4 is 10.0 Å². The fourth-order valence-corrected chi connectivity index (χ4v) is 3.34. The quantitative estimate of drug-likeness (QED) is 0.687. The summed E-state index contributed by atoms with van der Waals surface area (Å²) in [7, 11) is -0.332. The van der Waals surface area contributed by atoms with E-state index in [1.54, 1.807) is 15.9 Å². The van der Waals surface area contributed by atoms with E-state index in [1.165, 1.54) is 5.56 Å². The molecule has 1 aliphatic heterocycles. The van der Waals surface area contributed by atoms with Gasteiger partial charge in [-0.1, -0.05) is 6.07 Å².